The smallest absolute Gasteiger partial charge is 0.407 e. The van der Waals surface area contributed by atoms with Crippen LogP contribution in [-0.2, 0) is 11.3 Å². The number of alkyl carbamates (subject to hydrolysis) is 1. The lowest BCUT2D eigenvalue weighted by atomic mass is 10.0. The van der Waals surface area contributed by atoms with Crippen LogP contribution in [0.2, 0.25) is 0 Å². The zero-order chi connectivity index (χ0) is 17.9. The number of hydrogen-bond donors (Lipinski definition) is 1. The number of hydrogen-bond acceptors (Lipinski definition) is 3. The highest BCUT2D eigenvalue weighted by Crippen LogP contribution is 2.23. The fraction of sp³-hybridized carbons (Fsp3) is 0.611. The maximum absolute atomic E-state index is 13.8. The van der Waals surface area contributed by atoms with E-state index in [4.69, 9.17) is 4.74 Å². The van der Waals surface area contributed by atoms with E-state index in [1.807, 2.05) is 33.8 Å². The Hall–Kier alpha value is -1.14. The Morgan fingerprint density at radius 2 is 2.17 bits per heavy atom. The van der Waals surface area contributed by atoms with Crippen LogP contribution in [0.4, 0.5) is 9.18 Å². The van der Waals surface area contributed by atoms with Gasteiger partial charge in [0, 0.05) is 19.1 Å². The molecule has 4 nitrogen and oxygen atoms in total. The molecule has 0 bridgehead atoms. The van der Waals surface area contributed by atoms with Gasteiger partial charge in [-0.1, -0.05) is 0 Å². The summed E-state index contributed by atoms with van der Waals surface area (Å²) in [6, 6.07) is 3.46. The number of ether oxygens (including phenoxy) is 1. The standard InChI is InChI=1S/C18H26BrFN2O2/c1-12-8-15(19)16(20)9-13(12)10-22-7-5-6-14(11-22)21-17(23)24-18(2,3)4/h8-9,14H,5-7,10-11H2,1-4H3,(H,21,23)/t14-/m1/s1. The Bertz CT molecular complexity index is 601. The van der Waals surface area contributed by atoms with Crippen LogP contribution in [0.1, 0.15) is 44.7 Å². The van der Waals surface area contributed by atoms with E-state index in [2.05, 4.69) is 26.1 Å². The fourth-order valence-electron chi connectivity index (χ4n) is 2.89. The van der Waals surface area contributed by atoms with Crippen LogP contribution in [0, 0.1) is 12.7 Å². The molecule has 24 heavy (non-hydrogen) atoms. The van der Waals surface area contributed by atoms with E-state index in [-0.39, 0.29) is 18.0 Å². The second-order valence-electron chi connectivity index (χ2n) is 7.41. The van der Waals surface area contributed by atoms with Crippen LogP contribution in [0.15, 0.2) is 16.6 Å². The van der Waals surface area contributed by atoms with Gasteiger partial charge in [-0.15, -0.1) is 0 Å². The summed E-state index contributed by atoms with van der Waals surface area (Å²) in [4.78, 5) is 14.2. The second kappa shape index (κ2) is 7.83. The predicted molar refractivity (Wildman–Crippen MR) is 96.5 cm³/mol. The van der Waals surface area contributed by atoms with Crippen LogP contribution >= 0.6 is 15.9 Å². The molecule has 1 aliphatic rings. The van der Waals surface area contributed by atoms with Crippen LogP contribution in [0.5, 0.6) is 0 Å². The number of halogens is 2. The average Bonchev–Trinajstić information content (AvgIpc) is 2.43. The first-order chi connectivity index (χ1) is 11.1. The monoisotopic (exact) mass is 400 g/mol. The van der Waals surface area contributed by atoms with Gasteiger partial charge in [-0.3, -0.25) is 4.90 Å². The molecule has 2 rings (SSSR count). The van der Waals surface area contributed by atoms with Crippen molar-refractivity contribution in [1.29, 1.82) is 0 Å². The number of rotatable bonds is 3. The molecule has 1 saturated heterocycles. The average molecular weight is 401 g/mol. The Kier molecular flexibility index (Phi) is 6.26. The summed E-state index contributed by atoms with van der Waals surface area (Å²) in [5.41, 5.74) is 1.55. The Morgan fingerprint density at radius 1 is 1.46 bits per heavy atom. The minimum absolute atomic E-state index is 0.0641. The molecule has 1 heterocycles. The molecule has 0 spiro atoms. The van der Waals surface area contributed by atoms with E-state index in [9.17, 15) is 9.18 Å². The molecule has 0 aromatic heterocycles. The van der Waals surface area contributed by atoms with Gasteiger partial charge in [0.05, 0.1) is 4.47 Å². The third-order valence-corrected chi connectivity index (χ3v) is 4.61. The topological polar surface area (TPSA) is 41.6 Å². The molecule has 134 valence electrons. The second-order valence-corrected chi connectivity index (χ2v) is 8.27. The van der Waals surface area contributed by atoms with Crippen molar-refractivity contribution in [2.75, 3.05) is 13.1 Å². The summed E-state index contributed by atoms with van der Waals surface area (Å²) >= 11 is 3.22. The van der Waals surface area contributed by atoms with Gasteiger partial charge in [-0.25, -0.2) is 9.18 Å². The minimum atomic E-state index is -0.496. The molecule has 1 aliphatic heterocycles. The Balaban J connectivity index is 1.94. The maximum atomic E-state index is 13.8. The van der Waals surface area contributed by atoms with Gasteiger partial charge in [-0.05, 0) is 86.3 Å². The van der Waals surface area contributed by atoms with Gasteiger partial charge in [0.1, 0.15) is 11.4 Å². The van der Waals surface area contributed by atoms with Gasteiger partial charge in [0.2, 0.25) is 0 Å². The molecule has 1 aromatic rings. The van der Waals surface area contributed by atoms with Gasteiger partial charge < -0.3 is 10.1 Å². The van der Waals surface area contributed by atoms with E-state index in [1.165, 1.54) is 0 Å². The van der Waals surface area contributed by atoms with Crippen LogP contribution in [0.3, 0.4) is 0 Å². The first-order valence-electron chi connectivity index (χ1n) is 8.30. The molecule has 1 atom stereocenters. The normalized spacial score (nSPS) is 19.2. The fourth-order valence-corrected chi connectivity index (χ4v) is 3.35. The van der Waals surface area contributed by atoms with Crippen molar-refractivity contribution in [2.45, 2.75) is 58.7 Å². The van der Waals surface area contributed by atoms with E-state index in [0.29, 0.717) is 11.0 Å². The minimum Gasteiger partial charge on any atom is -0.444 e. The molecular formula is C18H26BrFN2O2. The summed E-state index contributed by atoms with van der Waals surface area (Å²) in [5.74, 6) is -0.240. The molecule has 0 saturated carbocycles. The van der Waals surface area contributed by atoms with Crippen LogP contribution in [-0.4, -0.2) is 35.7 Å². The van der Waals surface area contributed by atoms with Crippen molar-refractivity contribution >= 4 is 22.0 Å². The molecule has 0 radical (unpaired) electrons. The Labute approximate surface area is 151 Å². The van der Waals surface area contributed by atoms with E-state index >= 15 is 0 Å². The molecule has 1 amide bonds. The number of amides is 1. The lowest BCUT2D eigenvalue weighted by molar-refractivity contribution is 0.0470. The zero-order valence-electron chi connectivity index (χ0n) is 14.8. The number of carbonyl (C=O) groups excluding carboxylic acids is 1. The summed E-state index contributed by atoms with van der Waals surface area (Å²) in [7, 11) is 0. The van der Waals surface area contributed by atoms with Crippen LogP contribution in [0.25, 0.3) is 0 Å². The van der Waals surface area contributed by atoms with Crippen molar-refractivity contribution in [3.63, 3.8) is 0 Å². The summed E-state index contributed by atoms with van der Waals surface area (Å²) in [6.45, 7) is 9.92. The number of nitrogens with zero attached hydrogens (tertiary/aromatic N) is 1. The summed E-state index contributed by atoms with van der Waals surface area (Å²) in [5, 5.41) is 2.94. The van der Waals surface area contributed by atoms with Crippen molar-refractivity contribution in [2.24, 2.45) is 0 Å². The van der Waals surface area contributed by atoms with Crippen molar-refractivity contribution in [3.05, 3.63) is 33.5 Å². The largest absolute Gasteiger partial charge is 0.444 e. The highest BCUT2D eigenvalue weighted by Gasteiger charge is 2.24. The lowest BCUT2D eigenvalue weighted by Crippen LogP contribution is -2.48. The van der Waals surface area contributed by atoms with Crippen LogP contribution < -0.4 is 5.32 Å². The molecule has 0 aliphatic carbocycles. The molecular weight excluding hydrogens is 375 g/mol. The molecule has 1 N–H and O–H groups in total. The number of benzene rings is 1. The van der Waals surface area contributed by atoms with Gasteiger partial charge in [0.25, 0.3) is 0 Å². The van der Waals surface area contributed by atoms with E-state index < -0.39 is 5.60 Å². The first kappa shape index (κ1) is 19.2. The number of nitrogens with one attached hydrogen (secondary N) is 1. The van der Waals surface area contributed by atoms with Crippen molar-refractivity contribution in [1.82, 2.24) is 10.2 Å². The zero-order valence-corrected chi connectivity index (χ0v) is 16.4. The third-order valence-electron chi connectivity index (χ3n) is 4.00. The van der Waals surface area contributed by atoms with Crippen molar-refractivity contribution in [3.8, 4) is 0 Å². The molecule has 1 aromatic carbocycles. The van der Waals surface area contributed by atoms with E-state index in [0.717, 1.165) is 37.1 Å². The molecule has 1 fully saturated rings. The number of carbonyl (C=O) groups is 1. The van der Waals surface area contributed by atoms with Gasteiger partial charge >= 0.3 is 6.09 Å². The van der Waals surface area contributed by atoms with E-state index in [1.54, 1.807) is 6.07 Å². The first-order valence-corrected chi connectivity index (χ1v) is 9.10. The number of likely N-dealkylation sites (tertiary alicyclic amines) is 1. The summed E-state index contributed by atoms with van der Waals surface area (Å²) in [6.07, 6.45) is 1.56. The Morgan fingerprint density at radius 3 is 2.83 bits per heavy atom. The quantitative estimate of drug-likeness (QED) is 0.817. The summed E-state index contributed by atoms with van der Waals surface area (Å²) < 4.78 is 19.6. The molecule has 0 unspecified atom stereocenters. The maximum Gasteiger partial charge on any atom is 0.407 e. The predicted octanol–water partition coefficient (Wildman–Crippen LogP) is 4.39. The van der Waals surface area contributed by atoms with Gasteiger partial charge in [-0.2, -0.15) is 0 Å². The highest BCUT2D eigenvalue weighted by molar-refractivity contribution is 9.10. The lowest BCUT2D eigenvalue weighted by Gasteiger charge is -2.34. The highest BCUT2D eigenvalue weighted by atomic mass is 79.9. The third kappa shape index (κ3) is 5.74. The number of aryl methyl sites for hydroxylation is 1. The van der Waals surface area contributed by atoms with Gasteiger partial charge in [0.15, 0.2) is 0 Å². The molecule has 6 heteroatoms. The van der Waals surface area contributed by atoms with Crippen molar-refractivity contribution < 1.29 is 13.9 Å². The SMILES string of the molecule is Cc1cc(Br)c(F)cc1CN1CCC[C@@H](NC(=O)OC(C)(C)C)C1. The number of piperidine rings is 1.